The summed E-state index contributed by atoms with van der Waals surface area (Å²) in [6, 6.07) is 7.78. The first-order valence-corrected chi connectivity index (χ1v) is 8.03. The Bertz CT molecular complexity index is 475. The fourth-order valence-electron chi connectivity index (χ4n) is 2.20. The smallest absolute Gasteiger partial charge is 0.313 e. The molecule has 1 rings (SSSR count). The lowest BCUT2D eigenvalue weighted by atomic mass is 9.94. The van der Waals surface area contributed by atoms with E-state index in [0.717, 1.165) is 24.2 Å². The van der Waals surface area contributed by atoms with E-state index in [1.807, 2.05) is 65.8 Å². The van der Waals surface area contributed by atoms with Crippen molar-refractivity contribution in [2.24, 2.45) is 0 Å². The van der Waals surface area contributed by atoms with Crippen LogP contribution in [0.2, 0.25) is 0 Å². The molecule has 124 valence electrons. The molecule has 3 heteroatoms. The van der Waals surface area contributed by atoms with E-state index in [2.05, 4.69) is 6.92 Å². The van der Waals surface area contributed by atoms with Gasteiger partial charge in [0.15, 0.2) is 0 Å². The zero-order valence-electron chi connectivity index (χ0n) is 15.0. The molecule has 0 amide bonds. The molecule has 0 N–H and O–H groups in total. The first kappa shape index (κ1) is 18.5. The normalized spacial score (nSPS) is 13.6. The highest BCUT2D eigenvalue weighted by Crippen LogP contribution is 2.28. The summed E-state index contributed by atoms with van der Waals surface area (Å²) in [6.07, 6.45) is 1.72. The Balaban J connectivity index is 2.90. The maximum absolute atomic E-state index is 12.4. The van der Waals surface area contributed by atoms with Crippen molar-refractivity contribution in [3.8, 4) is 5.75 Å². The Kier molecular flexibility index (Phi) is 6.04. The standard InChI is InChI=1S/C19H30O3/c1-8-9-16(17(20)22-19(5,6)7)14-10-12-15(13-11-14)21-18(2,3)4/h10-13,16H,8-9H2,1-7H3. The van der Waals surface area contributed by atoms with Crippen LogP contribution in [-0.4, -0.2) is 17.2 Å². The molecule has 0 aliphatic rings. The second-order valence-corrected chi connectivity index (χ2v) is 7.66. The van der Waals surface area contributed by atoms with Gasteiger partial charge in [-0.15, -0.1) is 0 Å². The zero-order valence-corrected chi connectivity index (χ0v) is 15.0. The molecule has 1 aromatic carbocycles. The summed E-state index contributed by atoms with van der Waals surface area (Å²) in [7, 11) is 0. The van der Waals surface area contributed by atoms with Gasteiger partial charge in [-0.25, -0.2) is 0 Å². The molecule has 0 aliphatic carbocycles. The fourth-order valence-corrected chi connectivity index (χ4v) is 2.20. The summed E-state index contributed by atoms with van der Waals surface area (Å²) in [5, 5.41) is 0. The molecular weight excluding hydrogens is 276 g/mol. The van der Waals surface area contributed by atoms with Crippen LogP contribution in [0.3, 0.4) is 0 Å². The highest BCUT2D eigenvalue weighted by Gasteiger charge is 2.26. The van der Waals surface area contributed by atoms with E-state index < -0.39 is 5.60 Å². The molecular formula is C19H30O3. The zero-order chi connectivity index (χ0) is 17.0. The minimum Gasteiger partial charge on any atom is -0.488 e. The van der Waals surface area contributed by atoms with Crippen molar-refractivity contribution in [2.45, 2.75) is 78.4 Å². The first-order chi connectivity index (χ1) is 10.0. The maximum Gasteiger partial charge on any atom is 0.313 e. The number of carbonyl (C=O) groups is 1. The molecule has 1 atom stereocenters. The molecule has 0 heterocycles. The number of carbonyl (C=O) groups excluding carboxylic acids is 1. The number of rotatable bonds is 5. The van der Waals surface area contributed by atoms with Gasteiger partial charge in [-0.3, -0.25) is 4.79 Å². The van der Waals surface area contributed by atoms with Crippen LogP contribution in [0, 0.1) is 0 Å². The first-order valence-electron chi connectivity index (χ1n) is 8.03. The molecule has 3 nitrogen and oxygen atoms in total. The Hall–Kier alpha value is -1.51. The van der Waals surface area contributed by atoms with Crippen molar-refractivity contribution in [3.63, 3.8) is 0 Å². The summed E-state index contributed by atoms with van der Waals surface area (Å²) < 4.78 is 11.4. The largest absolute Gasteiger partial charge is 0.488 e. The Morgan fingerprint density at radius 1 is 1.00 bits per heavy atom. The maximum atomic E-state index is 12.4. The van der Waals surface area contributed by atoms with Crippen molar-refractivity contribution in [1.82, 2.24) is 0 Å². The van der Waals surface area contributed by atoms with Crippen LogP contribution in [0.1, 0.15) is 72.8 Å². The van der Waals surface area contributed by atoms with E-state index >= 15 is 0 Å². The molecule has 0 aliphatic heterocycles. The summed E-state index contributed by atoms with van der Waals surface area (Å²) in [4.78, 5) is 12.4. The minimum absolute atomic E-state index is 0.154. The average Bonchev–Trinajstić information content (AvgIpc) is 2.33. The van der Waals surface area contributed by atoms with Crippen molar-refractivity contribution in [2.75, 3.05) is 0 Å². The number of esters is 1. The van der Waals surface area contributed by atoms with Gasteiger partial charge in [0.05, 0.1) is 5.92 Å². The Morgan fingerprint density at radius 3 is 1.95 bits per heavy atom. The molecule has 0 radical (unpaired) electrons. The van der Waals surface area contributed by atoms with Gasteiger partial charge in [0.25, 0.3) is 0 Å². The van der Waals surface area contributed by atoms with Crippen molar-refractivity contribution in [1.29, 1.82) is 0 Å². The molecule has 0 fully saturated rings. The van der Waals surface area contributed by atoms with Crippen LogP contribution in [-0.2, 0) is 9.53 Å². The summed E-state index contributed by atoms with van der Waals surface area (Å²) in [5.74, 6) is 0.447. The molecule has 0 saturated heterocycles. The topological polar surface area (TPSA) is 35.5 Å². The van der Waals surface area contributed by atoms with Gasteiger partial charge in [-0.1, -0.05) is 25.5 Å². The number of benzene rings is 1. The van der Waals surface area contributed by atoms with E-state index in [0.29, 0.717) is 0 Å². The summed E-state index contributed by atoms with van der Waals surface area (Å²) in [6.45, 7) is 13.8. The van der Waals surface area contributed by atoms with Gasteiger partial charge in [0.1, 0.15) is 17.0 Å². The van der Waals surface area contributed by atoms with Crippen molar-refractivity contribution < 1.29 is 14.3 Å². The molecule has 0 spiro atoms. The fraction of sp³-hybridized carbons (Fsp3) is 0.632. The molecule has 1 aromatic rings. The lowest BCUT2D eigenvalue weighted by Gasteiger charge is -2.25. The van der Waals surface area contributed by atoms with Gasteiger partial charge in [0, 0.05) is 0 Å². The quantitative estimate of drug-likeness (QED) is 0.711. The molecule has 0 aromatic heterocycles. The van der Waals surface area contributed by atoms with Gasteiger partial charge in [-0.05, 0) is 65.7 Å². The lowest BCUT2D eigenvalue weighted by Crippen LogP contribution is -2.28. The second kappa shape index (κ2) is 7.17. The van der Waals surface area contributed by atoms with Gasteiger partial charge in [-0.2, -0.15) is 0 Å². The number of hydrogen-bond donors (Lipinski definition) is 0. The van der Waals surface area contributed by atoms with Crippen LogP contribution in [0.25, 0.3) is 0 Å². The third kappa shape index (κ3) is 6.50. The highest BCUT2D eigenvalue weighted by molar-refractivity contribution is 5.78. The van der Waals surface area contributed by atoms with Crippen LogP contribution in [0.15, 0.2) is 24.3 Å². The number of ether oxygens (including phenoxy) is 2. The van der Waals surface area contributed by atoms with Crippen LogP contribution in [0.5, 0.6) is 5.75 Å². The van der Waals surface area contributed by atoms with E-state index in [1.54, 1.807) is 0 Å². The van der Waals surface area contributed by atoms with Gasteiger partial charge in [0.2, 0.25) is 0 Å². The van der Waals surface area contributed by atoms with Crippen LogP contribution >= 0.6 is 0 Å². The third-order valence-electron chi connectivity index (χ3n) is 2.98. The molecule has 22 heavy (non-hydrogen) atoms. The van der Waals surface area contributed by atoms with Gasteiger partial charge < -0.3 is 9.47 Å². The molecule has 0 saturated carbocycles. The predicted molar refractivity (Wildman–Crippen MR) is 90.3 cm³/mol. The molecule has 1 unspecified atom stereocenters. The third-order valence-corrected chi connectivity index (χ3v) is 2.98. The van der Waals surface area contributed by atoms with Gasteiger partial charge >= 0.3 is 5.97 Å². The van der Waals surface area contributed by atoms with Crippen molar-refractivity contribution >= 4 is 5.97 Å². The van der Waals surface area contributed by atoms with E-state index in [4.69, 9.17) is 9.47 Å². The SMILES string of the molecule is CCCC(C(=O)OC(C)(C)C)c1ccc(OC(C)(C)C)cc1. The van der Waals surface area contributed by atoms with E-state index in [-0.39, 0.29) is 17.5 Å². The van der Waals surface area contributed by atoms with Crippen LogP contribution in [0.4, 0.5) is 0 Å². The minimum atomic E-state index is -0.460. The average molecular weight is 306 g/mol. The molecule has 0 bridgehead atoms. The van der Waals surface area contributed by atoms with Crippen molar-refractivity contribution in [3.05, 3.63) is 29.8 Å². The second-order valence-electron chi connectivity index (χ2n) is 7.66. The number of hydrogen-bond acceptors (Lipinski definition) is 3. The Morgan fingerprint density at radius 2 is 1.55 bits per heavy atom. The highest BCUT2D eigenvalue weighted by atomic mass is 16.6. The Labute approximate surface area is 135 Å². The summed E-state index contributed by atoms with van der Waals surface area (Å²) >= 11 is 0. The van der Waals surface area contributed by atoms with E-state index in [9.17, 15) is 4.79 Å². The predicted octanol–water partition coefficient (Wildman–Crippen LogP) is 5.09. The lowest BCUT2D eigenvalue weighted by molar-refractivity contribution is -0.157. The van der Waals surface area contributed by atoms with E-state index in [1.165, 1.54) is 0 Å². The summed E-state index contributed by atoms with van der Waals surface area (Å²) in [5.41, 5.74) is 0.297. The monoisotopic (exact) mass is 306 g/mol. The van der Waals surface area contributed by atoms with Crippen LogP contribution < -0.4 is 4.74 Å².